The maximum atomic E-state index is 6.48. The lowest BCUT2D eigenvalue weighted by Gasteiger charge is -2.10. The van der Waals surface area contributed by atoms with Crippen LogP contribution in [0, 0.1) is 0 Å². The second-order valence-corrected chi connectivity index (χ2v) is 8.08. The molecule has 0 saturated carbocycles. The lowest BCUT2D eigenvalue weighted by molar-refractivity contribution is 0.992. The minimum atomic E-state index is 0.416. The van der Waals surface area contributed by atoms with Crippen molar-refractivity contribution in [3.63, 3.8) is 0 Å². The summed E-state index contributed by atoms with van der Waals surface area (Å²) in [6.45, 7) is 0. The van der Waals surface area contributed by atoms with Crippen LogP contribution >= 0.6 is 11.6 Å². The first-order valence-electron chi connectivity index (χ1n) is 10.5. The summed E-state index contributed by atoms with van der Waals surface area (Å²) < 4.78 is 2.11. The minimum absolute atomic E-state index is 0.416. The molecule has 4 aromatic carbocycles. The van der Waals surface area contributed by atoms with Crippen LogP contribution in [0.5, 0.6) is 0 Å². The van der Waals surface area contributed by atoms with Crippen molar-refractivity contribution in [1.82, 2.24) is 14.5 Å². The summed E-state index contributed by atoms with van der Waals surface area (Å²) in [7, 11) is 0. The van der Waals surface area contributed by atoms with Gasteiger partial charge >= 0.3 is 0 Å². The van der Waals surface area contributed by atoms with E-state index in [-0.39, 0.29) is 0 Å². The third-order valence-electron chi connectivity index (χ3n) is 5.73. The molecule has 0 unspecified atom stereocenters. The van der Waals surface area contributed by atoms with Gasteiger partial charge in [-0.1, -0.05) is 103 Å². The highest BCUT2D eigenvalue weighted by Gasteiger charge is 2.16. The van der Waals surface area contributed by atoms with Crippen molar-refractivity contribution >= 4 is 33.4 Å². The predicted molar refractivity (Wildman–Crippen MR) is 132 cm³/mol. The fourth-order valence-electron chi connectivity index (χ4n) is 4.26. The summed E-state index contributed by atoms with van der Waals surface area (Å²) in [6, 6.07) is 37.1. The molecule has 0 saturated heterocycles. The second kappa shape index (κ2) is 7.63. The van der Waals surface area contributed by atoms with Crippen LogP contribution in [0.15, 0.2) is 109 Å². The quantitative estimate of drug-likeness (QED) is 0.270. The van der Waals surface area contributed by atoms with Gasteiger partial charge in [-0.15, -0.1) is 0 Å². The molecule has 0 aliphatic carbocycles. The average molecular weight is 432 g/mol. The normalized spacial score (nSPS) is 11.3. The highest BCUT2D eigenvalue weighted by Crippen LogP contribution is 2.34. The molecule has 0 fully saturated rings. The first-order valence-corrected chi connectivity index (χ1v) is 10.8. The molecular formula is C28H18ClN3. The molecule has 3 nitrogen and oxygen atoms in total. The van der Waals surface area contributed by atoms with Crippen LogP contribution in [0.1, 0.15) is 0 Å². The molecule has 32 heavy (non-hydrogen) atoms. The Morgan fingerprint density at radius 3 is 1.97 bits per heavy atom. The Kier molecular flexibility index (Phi) is 4.48. The van der Waals surface area contributed by atoms with Gasteiger partial charge in [0.25, 0.3) is 0 Å². The summed E-state index contributed by atoms with van der Waals surface area (Å²) in [5, 5.41) is 2.73. The number of aromatic nitrogens is 3. The Balaban J connectivity index is 1.65. The molecule has 0 radical (unpaired) electrons. The van der Waals surface area contributed by atoms with Gasteiger partial charge in [0.15, 0.2) is 0 Å². The van der Waals surface area contributed by atoms with E-state index < -0.39 is 0 Å². The number of benzene rings is 4. The smallest absolute Gasteiger partial charge is 0.236 e. The highest BCUT2D eigenvalue weighted by molar-refractivity contribution is 6.29. The predicted octanol–water partition coefficient (Wildman–Crippen LogP) is 7.56. The molecule has 0 atom stereocenters. The SMILES string of the molecule is Clc1cc(-c2ccccc2)nc(-n2c3ccccc3c3ccc(-c4ccccc4)cc32)n1. The monoisotopic (exact) mass is 431 g/mol. The maximum Gasteiger partial charge on any atom is 0.236 e. The van der Waals surface area contributed by atoms with Crippen LogP contribution in [-0.2, 0) is 0 Å². The van der Waals surface area contributed by atoms with E-state index >= 15 is 0 Å². The van der Waals surface area contributed by atoms with Crippen molar-refractivity contribution in [2.75, 3.05) is 0 Å². The van der Waals surface area contributed by atoms with E-state index in [2.05, 4.69) is 70.2 Å². The van der Waals surface area contributed by atoms with Crippen LogP contribution < -0.4 is 0 Å². The van der Waals surface area contributed by atoms with Gasteiger partial charge in [0.05, 0.1) is 16.7 Å². The lowest BCUT2D eigenvalue weighted by atomic mass is 10.0. The maximum absolute atomic E-state index is 6.48. The lowest BCUT2D eigenvalue weighted by Crippen LogP contribution is -2.02. The van der Waals surface area contributed by atoms with Crippen molar-refractivity contribution in [3.8, 4) is 28.3 Å². The summed E-state index contributed by atoms with van der Waals surface area (Å²) in [4.78, 5) is 9.54. The molecule has 0 spiro atoms. The number of nitrogens with zero attached hydrogens (tertiary/aromatic N) is 3. The van der Waals surface area contributed by atoms with Crippen molar-refractivity contribution in [3.05, 3.63) is 114 Å². The topological polar surface area (TPSA) is 30.7 Å². The third-order valence-corrected chi connectivity index (χ3v) is 5.93. The van der Waals surface area contributed by atoms with Gasteiger partial charge in [0.2, 0.25) is 5.95 Å². The molecule has 0 bridgehead atoms. The number of para-hydroxylation sites is 1. The van der Waals surface area contributed by atoms with E-state index in [4.69, 9.17) is 16.6 Å². The third kappa shape index (κ3) is 3.15. The molecule has 6 rings (SSSR count). The van der Waals surface area contributed by atoms with E-state index in [1.54, 1.807) is 0 Å². The molecule has 6 aromatic rings. The number of halogens is 1. The fraction of sp³-hybridized carbons (Fsp3) is 0. The minimum Gasteiger partial charge on any atom is -0.278 e. The van der Waals surface area contributed by atoms with Gasteiger partial charge in [0.1, 0.15) is 5.15 Å². The molecule has 0 N–H and O–H groups in total. The summed E-state index contributed by atoms with van der Waals surface area (Å²) >= 11 is 6.48. The summed E-state index contributed by atoms with van der Waals surface area (Å²) in [5.74, 6) is 0.563. The van der Waals surface area contributed by atoms with E-state index in [0.29, 0.717) is 11.1 Å². The van der Waals surface area contributed by atoms with Crippen LogP contribution in [0.4, 0.5) is 0 Å². The molecule has 0 aliphatic rings. The van der Waals surface area contributed by atoms with Gasteiger partial charge in [-0.2, -0.15) is 0 Å². The largest absolute Gasteiger partial charge is 0.278 e. The van der Waals surface area contributed by atoms with Crippen LogP contribution in [0.2, 0.25) is 5.15 Å². The van der Waals surface area contributed by atoms with Crippen LogP contribution in [0.25, 0.3) is 50.1 Å². The summed E-state index contributed by atoms with van der Waals surface area (Å²) in [5.41, 5.74) is 6.22. The zero-order valence-corrected chi connectivity index (χ0v) is 17.9. The molecule has 2 aromatic heterocycles. The molecule has 152 valence electrons. The van der Waals surface area contributed by atoms with Gasteiger partial charge < -0.3 is 0 Å². The van der Waals surface area contributed by atoms with Gasteiger partial charge in [-0.25, -0.2) is 9.97 Å². The highest BCUT2D eigenvalue weighted by atomic mass is 35.5. The first-order chi connectivity index (χ1) is 15.8. The standard InChI is InChI=1S/C28H18ClN3/c29-27-18-24(20-11-5-2-6-12-20)30-28(31-27)32-25-14-8-7-13-22(25)23-16-15-21(17-26(23)32)19-9-3-1-4-10-19/h1-18H. The Morgan fingerprint density at radius 1 is 0.531 bits per heavy atom. The van der Waals surface area contributed by atoms with Crippen molar-refractivity contribution < 1.29 is 0 Å². The second-order valence-electron chi connectivity index (χ2n) is 7.69. The molecule has 4 heteroatoms. The Hall–Kier alpha value is -3.95. The van der Waals surface area contributed by atoms with E-state index in [1.807, 2.05) is 48.5 Å². The number of hydrogen-bond acceptors (Lipinski definition) is 2. The van der Waals surface area contributed by atoms with Crippen molar-refractivity contribution in [2.45, 2.75) is 0 Å². The van der Waals surface area contributed by atoms with E-state index in [1.165, 1.54) is 5.56 Å². The van der Waals surface area contributed by atoms with Crippen LogP contribution in [-0.4, -0.2) is 14.5 Å². The van der Waals surface area contributed by atoms with Gasteiger partial charge in [0, 0.05) is 22.4 Å². The van der Waals surface area contributed by atoms with Gasteiger partial charge in [-0.05, 0) is 23.3 Å². The first kappa shape index (κ1) is 18.8. The number of fused-ring (bicyclic) bond motifs is 3. The molecule has 2 heterocycles. The fourth-order valence-corrected chi connectivity index (χ4v) is 4.44. The number of rotatable bonds is 3. The molecule has 0 aliphatic heterocycles. The van der Waals surface area contributed by atoms with Crippen LogP contribution in [0.3, 0.4) is 0 Å². The van der Waals surface area contributed by atoms with E-state index in [0.717, 1.165) is 38.6 Å². The average Bonchev–Trinajstić information content (AvgIpc) is 3.18. The van der Waals surface area contributed by atoms with Crippen molar-refractivity contribution in [2.24, 2.45) is 0 Å². The Morgan fingerprint density at radius 2 is 1.19 bits per heavy atom. The van der Waals surface area contributed by atoms with Gasteiger partial charge in [-0.3, -0.25) is 4.57 Å². The Labute approximate surface area is 190 Å². The zero-order valence-electron chi connectivity index (χ0n) is 17.1. The number of hydrogen-bond donors (Lipinski definition) is 0. The Bertz CT molecular complexity index is 1570. The van der Waals surface area contributed by atoms with Crippen molar-refractivity contribution in [1.29, 1.82) is 0 Å². The zero-order chi connectivity index (χ0) is 21.5. The summed E-state index contributed by atoms with van der Waals surface area (Å²) in [6.07, 6.45) is 0. The molecular weight excluding hydrogens is 414 g/mol. The van der Waals surface area contributed by atoms with E-state index in [9.17, 15) is 0 Å². The molecule has 0 amide bonds.